The van der Waals surface area contributed by atoms with Crippen LogP contribution in [0.5, 0.6) is 5.75 Å². The smallest absolute Gasteiger partial charge is 0.253 e. The van der Waals surface area contributed by atoms with Gasteiger partial charge in [-0.25, -0.2) is 4.98 Å². The van der Waals surface area contributed by atoms with Crippen molar-refractivity contribution in [2.24, 2.45) is 0 Å². The van der Waals surface area contributed by atoms with E-state index in [0.29, 0.717) is 12.2 Å². The normalized spacial score (nSPS) is 19.1. The van der Waals surface area contributed by atoms with Crippen molar-refractivity contribution in [2.75, 3.05) is 32.8 Å². The van der Waals surface area contributed by atoms with Crippen LogP contribution in [0, 0.1) is 0 Å². The molecule has 0 saturated carbocycles. The Morgan fingerprint density at radius 3 is 2.81 bits per heavy atom. The number of nitrogens with one attached hydrogen (secondary N) is 1. The number of likely N-dealkylation sites (N-methyl/N-ethyl adjacent to an activating group) is 1. The predicted octanol–water partition coefficient (Wildman–Crippen LogP) is 2.82. The average molecular weight is 368 g/mol. The maximum atomic E-state index is 13.0. The van der Waals surface area contributed by atoms with Crippen LogP contribution in [0.2, 0.25) is 0 Å². The molecule has 2 aliphatic heterocycles. The Bertz CT molecular complexity index is 808. The van der Waals surface area contributed by atoms with E-state index in [0.717, 1.165) is 51.2 Å². The number of benzene rings is 1. The lowest BCUT2D eigenvalue weighted by Crippen LogP contribution is -2.57. The van der Waals surface area contributed by atoms with Crippen molar-refractivity contribution in [2.45, 2.75) is 38.6 Å². The number of aromatic nitrogens is 2. The number of piperidine rings is 1. The molecule has 27 heavy (non-hydrogen) atoms. The van der Waals surface area contributed by atoms with E-state index in [1.54, 1.807) is 0 Å². The van der Waals surface area contributed by atoms with Gasteiger partial charge in [0.2, 0.25) is 0 Å². The summed E-state index contributed by atoms with van der Waals surface area (Å²) in [5, 5.41) is 0. The van der Waals surface area contributed by atoms with Gasteiger partial charge < -0.3 is 14.6 Å². The van der Waals surface area contributed by atoms with Crippen molar-refractivity contribution < 1.29 is 9.53 Å². The van der Waals surface area contributed by atoms with Crippen LogP contribution in [-0.2, 0) is 12.0 Å². The summed E-state index contributed by atoms with van der Waals surface area (Å²) in [5.41, 5.74) is 3.13. The first-order valence-corrected chi connectivity index (χ1v) is 9.98. The van der Waals surface area contributed by atoms with E-state index in [2.05, 4.69) is 21.8 Å². The fourth-order valence-electron chi connectivity index (χ4n) is 4.68. The molecule has 0 radical (unpaired) electrons. The summed E-state index contributed by atoms with van der Waals surface area (Å²) in [6.45, 7) is 8.33. The minimum Gasteiger partial charge on any atom is -0.494 e. The Hall–Kier alpha value is -2.34. The third-order valence-electron chi connectivity index (χ3n) is 6.05. The number of H-pyrrole nitrogens is 1. The van der Waals surface area contributed by atoms with Gasteiger partial charge in [-0.15, -0.1) is 0 Å². The minimum atomic E-state index is -0.0354. The molecule has 0 aliphatic carbocycles. The van der Waals surface area contributed by atoms with E-state index >= 15 is 0 Å². The molecule has 4 rings (SSSR count). The molecule has 2 aromatic rings. The number of rotatable bonds is 4. The highest BCUT2D eigenvalue weighted by Gasteiger charge is 2.46. The average Bonchev–Trinajstić information content (AvgIpc) is 3.19. The number of imidazole rings is 1. The number of fused-ring (bicyclic) bond motifs is 2. The van der Waals surface area contributed by atoms with Gasteiger partial charge in [0.15, 0.2) is 0 Å². The first kappa shape index (κ1) is 18.0. The highest BCUT2D eigenvalue weighted by molar-refractivity contribution is 5.94. The third kappa shape index (κ3) is 3.12. The molecule has 1 spiro atoms. The quantitative estimate of drug-likeness (QED) is 0.901. The molecule has 1 aromatic heterocycles. The fraction of sp³-hybridized carbons (Fsp3) is 0.524. The van der Waals surface area contributed by atoms with Crippen LogP contribution in [0.25, 0.3) is 0 Å². The molecular weight excluding hydrogens is 340 g/mol. The van der Waals surface area contributed by atoms with Gasteiger partial charge in [-0.2, -0.15) is 0 Å². The van der Waals surface area contributed by atoms with Gasteiger partial charge in [-0.05, 0) is 44.5 Å². The number of hydrogen-bond donors (Lipinski definition) is 1. The highest BCUT2D eigenvalue weighted by Crippen LogP contribution is 2.42. The zero-order valence-electron chi connectivity index (χ0n) is 16.2. The monoisotopic (exact) mass is 368 g/mol. The topological polar surface area (TPSA) is 61.5 Å². The molecule has 6 heteroatoms. The Morgan fingerprint density at radius 1 is 1.26 bits per heavy atom. The molecule has 1 saturated heterocycles. The molecule has 0 atom stereocenters. The summed E-state index contributed by atoms with van der Waals surface area (Å²) in [7, 11) is 0. The summed E-state index contributed by atoms with van der Waals surface area (Å²) in [4.78, 5) is 25.5. The number of nitrogens with zero attached hydrogens (tertiary/aromatic N) is 3. The van der Waals surface area contributed by atoms with Crippen molar-refractivity contribution in [3.05, 3.63) is 47.5 Å². The molecule has 1 aromatic carbocycles. The molecular formula is C21H28N4O2. The van der Waals surface area contributed by atoms with Crippen LogP contribution >= 0.6 is 0 Å². The molecule has 1 fully saturated rings. The number of hydrogen-bond acceptors (Lipinski definition) is 4. The SMILES string of the molecule is CCOc1cccc(C(=O)N2CCC3(CC2)c2nc[nH]c2CCN3CC)c1. The molecule has 1 N–H and O–H groups in total. The van der Waals surface area contributed by atoms with E-state index in [4.69, 9.17) is 4.74 Å². The van der Waals surface area contributed by atoms with Gasteiger partial charge in [-0.3, -0.25) is 9.69 Å². The van der Waals surface area contributed by atoms with E-state index in [1.807, 2.05) is 42.4 Å². The summed E-state index contributed by atoms with van der Waals surface area (Å²) in [6.07, 6.45) is 4.70. The van der Waals surface area contributed by atoms with E-state index in [9.17, 15) is 4.79 Å². The molecule has 2 aliphatic rings. The molecule has 3 heterocycles. The second kappa shape index (κ2) is 7.35. The zero-order valence-corrected chi connectivity index (χ0v) is 16.2. The largest absolute Gasteiger partial charge is 0.494 e. The van der Waals surface area contributed by atoms with Gasteiger partial charge >= 0.3 is 0 Å². The summed E-state index contributed by atoms with van der Waals surface area (Å²) < 4.78 is 5.54. The lowest BCUT2D eigenvalue weighted by atomic mass is 9.78. The second-order valence-corrected chi connectivity index (χ2v) is 7.34. The van der Waals surface area contributed by atoms with Crippen LogP contribution in [0.15, 0.2) is 30.6 Å². The predicted molar refractivity (Wildman–Crippen MR) is 104 cm³/mol. The number of carbonyl (C=O) groups is 1. The number of ether oxygens (including phenoxy) is 1. The lowest BCUT2D eigenvalue weighted by Gasteiger charge is -2.50. The van der Waals surface area contributed by atoms with Crippen LogP contribution in [0.3, 0.4) is 0 Å². The maximum absolute atomic E-state index is 13.0. The van der Waals surface area contributed by atoms with Gasteiger partial charge in [0.1, 0.15) is 5.75 Å². The van der Waals surface area contributed by atoms with Gasteiger partial charge in [0.05, 0.1) is 24.2 Å². The van der Waals surface area contributed by atoms with Crippen molar-refractivity contribution in [1.82, 2.24) is 19.8 Å². The van der Waals surface area contributed by atoms with Crippen LogP contribution in [0.1, 0.15) is 48.4 Å². The standard InChI is InChI=1S/C21H28N4O2/c1-3-25-11-8-18-19(23-15-22-18)21(25)9-12-24(13-10-21)20(26)16-6-5-7-17(14-16)27-4-2/h5-7,14-15H,3-4,8-13H2,1-2H3,(H,22,23). The number of aromatic amines is 1. The Morgan fingerprint density at radius 2 is 2.07 bits per heavy atom. The Balaban J connectivity index is 1.52. The fourth-order valence-corrected chi connectivity index (χ4v) is 4.68. The highest BCUT2D eigenvalue weighted by atomic mass is 16.5. The first-order valence-electron chi connectivity index (χ1n) is 9.98. The molecule has 1 amide bonds. The van der Waals surface area contributed by atoms with E-state index < -0.39 is 0 Å². The number of carbonyl (C=O) groups excluding carboxylic acids is 1. The van der Waals surface area contributed by atoms with Crippen molar-refractivity contribution >= 4 is 5.91 Å². The minimum absolute atomic E-state index is 0.0354. The summed E-state index contributed by atoms with van der Waals surface area (Å²) in [6, 6.07) is 7.51. The third-order valence-corrected chi connectivity index (χ3v) is 6.05. The van der Waals surface area contributed by atoms with E-state index in [-0.39, 0.29) is 11.4 Å². The Labute approximate surface area is 160 Å². The van der Waals surface area contributed by atoms with Crippen LogP contribution in [-0.4, -0.2) is 58.5 Å². The lowest BCUT2D eigenvalue weighted by molar-refractivity contribution is 0.0102. The van der Waals surface area contributed by atoms with E-state index in [1.165, 1.54) is 11.4 Å². The number of likely N-dealkylation sites (tertiary alicyclic amines) is 1. The first-order chi connectivity index (χ1) is 13.2. The van der Waals surface area contributed by atoms with Gasteiger partial charge in [0, 0.05) is 37.3 Å². The van der Waals surface area contributed by atoms with Gasteiger partial charge in [0.25, 0.3) is 5.91 Å². The summed E-state index contributed by atoms with van der Waals surface area (Å²) in [5.74, 6) is 0.843. The second-order valence-electron chi connectivity index (χ2n) is 7.34. The molecule has 0 unspecified atom stereocenters. The van der Waals surface area contributed by atoms with Crippen LogP contribution in [0.4, 0.5) is 0 Å². The van der Waals surface area contributed by atoms with Crippen LogP contribution < -0.4 is 4.74 Å². The van der Waals surface area contributed by atoms with Crippen molar-refractivity contribution in [3.8, 4) is 5.75 Å². The van der Waals surface area contributed by atoms with Crippen molar-refractivity contribution in [1.29, 1.82) is 0 Å². The summed E-state index contributed by atoms with van der Waals surface area (Å²) >= 11 is 0. The Kier molecular flexibility index (Phi) is 4.91. The molecule has 144 valence electrons. The molecule has 0 bridgehead atoms. The molecule has 6 nitrogen and oxygen atoms in total. The maximum Gasteiger partial charge on any atom is 0.253 e. The number of amides is 1. The van der Waals surface area contributed by atoms with Gasteiger partial charge in [-0.1, -0.05) is 13.0 Å². The van der Waals surface area contributed by atoms with Crippen molar-refractivity contribution in [3.63, 3.8) is 0 Å². The zero-order chi connectivity index (χ0) is 18.9.